The predicted molar refractivity (Wildman–Crippen MR) is 94.3 cm³/mol. The fourth-order valence-corrected chi connectivity index (χ4v) is 2.93. The first-order valence-corrected chi connectivity index (χ1v) is 8.05. The summed E-state index contributed by atoms with van der Waals surface area (Å²) in [6.07, 6.45) is 4.71. The van der Waals surface area contributed by atoms with E-state index in [-0.39, 0.29) is 12.1 Å². The number of hydrogen-bond acceptors (Lipinski definition) is 3. The number of rotatable bonds is 5. The molecule has 1 heterocycles. The van der Waals surface area contributed by atoms with Crippen LogP contribution in [-0.4, -0.2) is 42.4 Å². The van der Waals surface area contributed by atoms with Crippen LogP contribution in [0.4, 0.5) is 0 Å². The summed E-state index contributed by atoms with van der Waals surface area (Å²) in [6, 6.07) is 18.6. The zero-order valence-electron chi connectivity index (χ0n) is 13.4. The Kier molecular flexibility index (Phi) is 5.11. The molecule has 2 unspecified atom stereocenters. The van der Waals surface area contributed by atoms with E-state index in [9.17, 15) is 5.11 Å². The summed E-state index contributed by atoms with van der Waals surface area (Å²) in [6.45, 7) is 1.33. The highest BCUT2D eigenvalue weighted by Gasteiger charge is 2.28. The van der Waals surface area contributed by atoms with Gasteiger partial charge in [0.05, 0.1) is 6.10 Å². The Balaban J connectivity index is 1.67. The second kappa shape index (κ2) is 7.44. The lowest BCUT2D eigenvalue weighted by molar-refractivity contribution is 0.182. The van der Waals surface area contributed by atoms with Crippen molar-refractivity contribution in [2.45, 2.75) is 18.6 Å². The van der Waals surface area contributed by atoms with Crippen molar-refractivity contribution in [3.05, 3.63) is 65.7 Å². The highest BCUT2D eigenvalue weighted by atomic mass is 16.5. The summed E-state index contributed by atoms with van der Waals surface area (Å²) in [5, 5.41) is 9.72. The molecular weight excluding hydrogens is 286 g/mol. The van der Waals surface area contributed by atoms with Crippen molar-refractivity contribution >= 4 is 12.2 Å². The van der Waals surface area contributed by atoms with E-state index in [4.69, 9.17) is 4.74 Å². The van der Waals surface area contributed by atoms with Gasteiger partial charge in [-0.05, 0) is 25.1 Å². The van der Waals surface area contributed by atoms with Crippen molar-refractivity contribution in [1.29, 1.82) is 0 Å². The molecule has 1 N–H and O–H groups in total. The minimum atomic E-state index is -0.234. The maximum absolute atomic E-state index is 9.72. The molecule has 0 amide bonds. The molecule has 0 bridgehead atoms. The second-order valence-electron chi connectivity index (χ2n) is 6.08. The molecule has 0 saturated carbocycles. The number of para-hydroxylation sites is 1. The molecule has 2 aromatic rings. The molecule has 2 aromatic carbocycles. The minimum absolute atomic E-state index is 0.234. The zero-order chi connectivity index (χ0) is 16.1. The van der Waals surface area contributed by atoms with Crippen molar-refractivity contribution in [2.24, 2.45) is 0 Å². The number of ether oxygens (including phenoxy) is 1. The molecule has 120 valence electrons. The fraction of sp³-hybridized carbons (Fsp3) is 0.300. The Labute approximate surface area is 137 Å². The van der Waals surface area contributed by atoms with E-state index in [1.54, 1.807) is 0 Å². The number of hydrogen-bond donors (Lipinski definition) is 1. The first-order chi connectivity index (χ1) is 11.2. The first kappa shape index (κ1) is 15.8. The van der Waals surface area contributed by atoms with Crippen LogP contribution in [-0.2, 0) is 0 Å². The van der Waals surface area contributed by atoms with Gasteiger partial charge in [-0.25, -0.2) is 0 Å². The van der Waals surface area contributed by atoms with Crippen LogP contribution in [0.15, 0.2) is 54.6 Å². The third-order valence-corrected chi connectivity index (χ3v) is 4.27. The normalized spacial score (nSPS) is 21.8. The Hall–Kier alpha value is -2.10. The SMILES string of the molecule is CN1CC(O)CC1COc1ccccc1C=Cc1ccccc1. The number of likely N-dealkylation sites (tertiary alicyclic amines) is 1. The van der Waals surface area contributed by atoms with Crippen LogP contribution in [0, 0.1) is 0 Å². The molecule has 1 aliphatic heterocycles. The molecule has 1 saturated heterocycles. The quantitative estimate of drug-likeness (QED) is 0.860. The van der Waals surface area contributed by atoms with Gasteiger partial charge in [0.25, 0.3) is 0 Å². The lowest BCUT2D eigenvalue weighted by atomic mass is 10.1. The smallest absolute Gasteiger partial charge is 0.126 e. The summed E-state index contributed by atoms with van der Waals surface area (Å²) in [5.74, 6) is 0.884. The molecule has 23 heavy (non-hydrogen) atoms. The number of nitrogens with zero attached hydrogens (tertiary/aromatic N) is 1. The average Bonchev–Trinajstić information content (AvgIpc) is 2.90. The number of aliphatic hydroxyl groups excluding tert-OH is 1. The number of benzene rings is 2. The summed E-state index contributed by atoms with van der Waals surface area (Å²) in [7, 11) is 2.03. The van der Waals surface area contributed by atoms with Crippen LogP contribution < -0.4 is 4.74 Å². The van der Waals surface area contributed by atoms with Gasteiger partial charge >= 0.3 is 0 Å². The standard InChI is InChI=1S/C20H23NO2/c1-21-14-19(22)13-18(21)15-23-20-10-6-5-9-17(20)12-11-16-7-3-2-4-8-16/h2-12,18-19,22H,13-15H2,1H3. The van der Waals surface area contributed by atoms with Crippen molar-refractivity contribution in [1.82, 2.24) is 4.90 Å². The maximum Gasteiger partial charge on any atom is 0.126 e. The van der Waals surface area contributed by atoms with Gasteiger partial charge in [0, 0.05) is 18.2 Å². The Bertz CT molecular complexity index is 654. The van der Waals surface area contributed by atoms with Gasteiger partial charge in [0.15, 0.2) is 0 Å². The van der Waals surface area contributed by atoms with E-state index in [2.05, 4.69) is 35.3 Å². The molecule has 1 fully saturated rings. The van der Waals surface area contributed by atoms with Crippen molar-refractivity contribution in [2.75, 3.05) is 20.2 Å². The van der Waals surface area contributed by atoms with Gasteiger partial charge in [-0.15, -0.1) is 0 Å². The van der Waals surface area contributed by atoms with Crippen LogP contribution in [0.2, 0.25) is 0 Å². The molecule has 3 heteroatoms. The molecule has 0 radical (unpaired) electrons. The summed E-state index contributed by atoms with van der Waals surface area (Å²) in [4.78, 5) is 2.16. The molecule has 0 aromatic heterocycles. The predicted octanol–water partition coefficient (Wildman–Crippen LogP) is 3.30. The van der Waals surface area contributed by atoms with Gasteiger partial charge in [-0.1, -0.05) is 60.7 Å². The Morgan fingerprint density at radius 3 is 2.57 bits per heavy atom. The van der Waals surface area contributed by atoms with Gasteiger partial charge in [0.2, 0.25) is 0 Å². The number of likely N-dealkylation sites (N-methyl/N-ethyl adjacent to an activating group) is 1. The molecule has 0 spiro atoms. The molecule has 2 atom stereocenters. The Morgan fingerprint density at radius 1 is 1.09 bits per heavy atom. The zero-order valence-corrected chi connectivity index (χ0v) is 13.4. The van der Waals surface area contributed by atoms with Crippen LogP contribution in [0.25, 0.3) is 12.2 Å². The molecule has 3 rings (SSSR count). The summed E-state index contributed by atoms with van der Waals surface area (Å²) in [5.41, 5.74) is 2.23. The van der Waals surface area contributed by atoms with E-state index in [0.717, 1.165) is 24.3 Å². The average molecular weight is 309 g/mol. The van der Waals surface area contributed by atoms with Crippen LogP contribution >= 0.6 is 0 Å². The van der Waals surface area contributed by atoms with Crippen molar-refractivity contribution in [3.8, 4) is 5.75 Å². The third-order valence-electron chi connectivity index (χ3n) is 4.27. The fourth-order valence-electron chi connectivity index (χ4n) is 2.93. The molecular formula is C20H23NO2. The highest BCUT2D eigenvalue weighted by Crippen LogP contribution is 2.23. The second-order valence-corrected chi connectivity index (χ2v) is 6.08. The van der Waals surface area contributed by atoms with E-state index < -0.39 is 0 Å². The van der Waals surface area contributed by atoms with Gasteiger partial charge < -0.3 is 9.84 Å². The summed E-state index contributed by atoms with van der Waals surface area (Å²) < 4.78 is 6.02. The van der Waals surface area contributed by atoms with E-state index in [1.807, 2.05) is 43.4 Å². The number of aliphatic hydroxyl groups is 1. The van der Waals surface area contributed by atoms with Gasteiger partial charge in [-0.3, -0.25) is 4.90 Å². The van der Waals surface area contributed by atoms with E-state index in [1.165, 1.54) is 5.56 Å². The van der Waals surface area contributed by atoms with E-state index in [0.29, 0.717) is 6.61 Å². The van der Waals surface area contributed by atoms with Crippen molar-refractivity contribution < 1.29 is 9.84 Å². The van der Waals surface area contributed by atoms with Crippen LogP contribution in [0.3, 0.4) is 0 Å². The third kappa shape index (κ3) is 4.21. The molecule has 1 aliphatic rings. The lowest BCUT2D eigenvalue weighted by Gasteiger charge is -2.20. The van der Waals surface area contributed by atoms with Crippen molar-refractivity contribution in [3.63, 3.8) is 0 Å². The van der Waals surface area contributed by atoms with Gasteiger partial charge in [-0.2, -0.15) is 0 Å². The molecule has 3 nitrogen and oxygen atoms in total. The summed E-state index contributed by atoms with van der Waals surface area (Å²) >= 11 is 0. The first-order valence-electron chi connectivity index (χ1n) is 8.05. The van der Waals surface area contributed by atoms with E-state index >= 15 is 0 Å². The lowest BCUT2D eigenvalue weighted by Crippen LogP contribution is -2.30. The van der Waals surface area contributed by atoms with Crippen LogP contribution in [0.1, 0.15) is 17.5 Å². The van der Waals surface area contributed by atoms with Crippen LogP contribution in [0.5, 0.6) is 5.75 Å². The topological polar surface area (TPSA) is 32.7 Å². The molecule has 0 aliphatic carbocycles. The largest absolute Gasteiger partial charge is 0.491 e. The Morgan fingerprint density at radius 2 is 1.83 bits per heavy atom. The minimum Gasteiger partial charge on any atom is -0.491 e. The maximum atomic E-state index is 9.72. The highest BCUT2D eigenvalue weighted by molar-refractivity contribution is 5.72. The number of β-amino-alcohol motifs (C(OH)–C–C–N with tert-alkyl or cyclic N) is 1. The van der Waals surface area contributed by atoms with Gasteiger partial charge in [0.1, 0.15) is 12.4 Å². The monoisotopic (exact) mass is 309 g/mol.